The van der Waals surface area contributed by atoms with Gasteiger partial charge in [0, 0.05) is 24.2 Å². The van der Waals surface area contributed by atoms with Crippen LogP contribution >= 0.6 is 0 Å². The number of hydrogen-bond acceptors (Lipinski definition) is 7. The van der Waals surface area contributed by atoms with Gasteiger partial charge in [0.25, 0.3) is 6.47 Å². The predicted octanol–water partition coefficient (Wildman–Crippen LogP) is 2.79. The van der Waals surface area contributed by atoms with Crippen LogP contribution in [0, 0.1) is 23.2 Å². The molecule has 2 saturated carbocycles. The summed E-state index contributed by atoms with van der Waals surface area (Å²) in [6, 6.07) is 0. The molecule has 2 saturated heterocycles. The van der Waals surface area contributed by atoms with E-state index in [4.69, 9.17) is 18.9 Å². The fourth-order valence-corrected chi connectivity index (χ4v) is 7.22. The molecule has 0 aromatic carbocycles. The number of carbonyl (C=O) groups excluding carboxylic acids is 3. The van der Waals surface area contributed by atoms with Gasteiger partial charge >= 0.3 is 11.9 Å². The van der Waals surface area contributed by atoms with Gasteiger partial charge in [-0.25, -0.2) is 0 Å². The lowest BCUT2D eigenvalue weighted by molar-refractivity contribution is -0.269. The van der Waals surface area contributed by atoms with Crippen molar-refractivity contribution in [3.05, 3.63) is 0 Å². The average Bonchev–Trinajstić information content (AvgIpc) is 3.20. The highest BCUT2D eigenvalue weighted by Crippen LogP contribution is 2.66. The Hall–Kier alpha value is -1.63. The summed E-state index contributed by atoms with van der Waals surface area (Å²) < 4.78 is 23.4. The van der Waals surface area contributed by atoms with Crippen LogP contribution in [0.4, 0.5) is 0 Å². The maximum absolute atomic E-state index is 11.8. The van der Waals surface area contributed by atoms with Crippen molar-refractivity contribution in [2.24, 2.45) is 23.2 Å². The number of hydrogen-bond donors (Lipinski definition) is 0. The van der Waals surface area contributed by atoms with Gasteiger partial charge < -0.3 is 18.9 Å². The Kier molecular flexibility index (Phi) is 4.95. The van der Waals surface area contributed by atoms with E-state index < -0.39 is 11.2 Å². The van der Waals surface area contributed by atoms with Gasteiger partial charge in [0.2, 0.25) is 0 Å². The van der Waals surface area contributed by atoms with Crippen molar-refractivity contribution in [2.45, 2.75) is 89.6 Å². The highest BCUT2D eigenvalue weighted by Gasteiger charge is 2.70. The van der Waals surface area contributed by atoms with E-state index in [-0.39, 0.29) is 47.3 Å². The molecule has 0 radical (unpaired) electrons. The number of cyclic esters (lactones) is 1. The monoisotopic (exact) mass is 408 g/mol. The maximum Gasteiger partial charge on any atom is 0.308 e. The molecular formula is C22H32O7. The van der Waals surface area contributed by atoms with Crippen LogP contribution in [0.25, 0.3) is 0 Å². The molecular weight excluding hydrogens is 376 g/mol. The molecule has 0 aromatic rings. The molecule has 7 nitrogen and oxygen atoms in total. The largest absolute Gasteiger partial charge is 0.464 e. The predicted molar refractivity (Wildman–Crippen MR) is 102 cm³/mol. The summed E-state index contributed by atoms with van der Waals surface area (Å²) in [5.74, 6) is -0.263. The van der Waals surface area contributed by atoms with Crippen molar-refractivity contribution < 1.29 is 33.3 Å². The van der Waals surface area contributed by atoms with Crippen LogP contribution in [0.2, 0.25) is 0 Å². The normalized spacial score (nSPS) is 49.0. The summed E-state index contributed by atoms with van der Waals surface area (Å²) in [4.78, 5) is 34.8. The van der Waals surface area contributed by atoms with Crippen molar-refractivity contribution in [2.75, 3.05) is 6.61 Å². The molecule has 2 aliphatic carbocycles. The van der Waals surface area contributed by atoms with Gasteiger partial charge in [-0.2, -0.15) is 0 Å². The van der Waals surface area contributed by atoms with Crippen molar-refractivity contribution in [1.29, 1.82) is 0 Å². The van der Waals surface area contributed by atoms with Gasteiger partial charge in [0.1, 0.15) is 24.4 Å². The number of fused-ring (bicyclic) bond motifs is 2. The Morgan fingerprint density at radius 2 is 1.97 bits per heavy atom. The second-order valence-corrected chi connectivity index (χ2v) is 9.91. The lowest BCUT2D eigenvalue weighted by Gasteiger charge is -2.63. The summed E-state index contributed by atoms with van der Waals surface area (Å²) in [6.07, 6.45) is 3.79. The third-order valence-corrected chi connectivity index (χ3v) is 8.45. The fraction of sp³-hybridized carbons (Fsp3) is 0.864. The molecule has 4 rings (SSSR count). The van der Waals surface area contributed by atoms with Crippen molar-refractivity contribution >= 4 is 18.4 Å². The van der Waals surface area contributed by atoms with Crippen LogP contribution in [0.3, 0.4) is 0 Å². The van der Waals surface area contributed by atoms with Crippen LogP contribution in [-0.4, -0.2) is 48.4 Å². The lowest BCUT2D eigenvalue weighted by atomic mass is 9.46. The van der Waals surface area contributed by atoms with Crippen molar-refractivity contribution in [3.63, 3.8) is 0 Å². The first-order valence-electron chi connectivity index (χ1n) is 10.8. The van der Waals surface area contributed by atoms with Crippen molar-refractivity contribution in [3.8, 4) is 0 Å². The summed E-state index contributed by atoms with van der Waals surface area (Å²) in [5.41, 5.74) is -1.21. The molecule has 0 amide bonds. The second kappa shape index (κ2) is 6.96. The zero-order valence-electron chi connectivity index (χ0n) is 17.8. The SMILES string of the molecule is CC(=O)OC1CCC2(C)C(C(OC=O)CC(C)C23CCC2(COC(=O)C2)O3)C1C. The smallest absolute Gasteiger partial charge is 0.308 e. The Balaban J connectivity index is 1.71. The van der Waals surface area contributed by atoms with Gasteiger partial charge in [-0.05, 0) is 38.0 Å². The maximum atomic E-state index is 11.8. The van der Waals surface area contributed by atoms with E-state index in [2.05, 4.69) is 20.8 Å². The minimum Gasteiger partial charge on any atom is -0.464 e. The van der Waals surface area contributed by atoms with Crippen molar-refractivity contribution in [1.82, 2.24) is 0 Å². The molecule has 0 N–H and O–H groups in total. The molecule has 29 heavy (non-hydrogen) atoms. The van der Waals surface area contributed by atoms with Crippen LogP contribution in [0.15, 0.2) is 0 Å². The molecule has 0 aromatic heterocycles. The third-order valence-electron chi connectivity index (χ3n) is 8.45. The van der Waals surface area contributed by atoms with Gasteiger partial charge in [-0.15, -0.1) is 0 Å². The summed E-state index contributed by atoms with van der Waals surface area (Å²) in [5, 5.41) is 0. The van der Waals surface area contributed by atoms with E-state index >= 15 is 0 Å². The minimum atomic E-state index is -0.534. The molecule has 8 atom stereocenters. The highest BCUT2D eigenvalue weighted by atomic mass is 16.6. The van der Waals surface area contributed by atoms with Crippen LogP contribution < -0.4 is 0 Å². The van der Waals surface area contributed by atoms with Gasteiger partial charge in [0.15, 0.2) is 0 Å². The summed E-state index contributed by atoms with van der Waals surface area (Å²) in [6.45, 7) is 8.80. The molecule has 7 heteroatoms. The number of esters is 2. The second-order valence-electron chi connectivity index (χ2n) is 9.91. The molecule has 2 aliphatic heterocycles. The first kappa shape index (κ1) is 20.6. The topological polar surface area (TPSA) is 88.1 Å². The van der Waals surface area contributed by atoms with Gasteiger partial charge in [0.05, 0.1) is 12.0 Å². The first-order chi connectivity index (χ1) is 13.7. The Morgan fingerprint density at radius 3 is 2.59 bits per heavy atom. The molecule has 162 valence electrons. The quantitative estimate of drug-likeness (QED) is 0.403. The minimum absolute atomic E-state index is 0.00942. The fourth-order valence-electron chi connectivity index (χ4n) is 7.22. The first-order valence-corrected chi connectivity index (χ1v) is 10.8. The van der Waals surface area contributed by atoms with Gasteiger partial charge in [-0.3, -0.25) is 14.4 Å². The van der Waals surface area contributed by atoms with Crippen LogP contribution in [-0.2, 0) is 33.3 Å². The zero-order chi connectivity index (χ0) is 21.0. The standard InChI is InChI=1S/C22H32O7/c1-13-9-17(27-12-23)19-14(2)16(28-15(3)24)5-6-20(19,4)22(13)8-7-21(29-22)10-18(25)26-11-21/h12-14,16-17,19H,5-11H2,1-4H3. The molecule has 4 aliphatic rings. The lowest BCUT2D eigenvalue weighted by Crippen LogP contribution is -2.67. The van der Waals surface area contributed by atoms with E-state index in [1.54, 1.807) is 0 Å². The summed E-state index contributed by atoms with van der Waals surface area (Å²) in [7, 11) is 0. The molecule has 8 unspecified atom stereocenters. The number of carbonyl (C=O) groups is 3. The highest BCUT2D eigenvalue weighted by molar-refractivity contribution is 5.73. The molecule has 2 spiro atoms. The van der Waals surface area contributed by atoms with Gasteiger partial charge in [-0.1, -0.05) is 20.8 Å². The number of ether oxygens (including phenoxy) is 4. The summed E-state index contributed by atoms with van der Waals surface area (Å²) >= 11 is 0. The van der Waals surface area contributed by atoms with E-state index in [0.717, 1.165) is 25.7 Å². The van der Waals surface area contributed by atoms with E-state index in [1.807, 2.05) is 0 Å². The van der Waals surface area contributed by atoms with E-state index in [1.165, 1.54) is 6.92 Å². The van der Waals surface area contributed by atoms with Crippen LogP contribution in [0.5, 0.6) is 0 Å². The van der Waals surface area contributed by atoms with E-state index in [0.29, 0.717) is 25.9 Å². The molecule has 4 fully saturated rings. The number of rotatable bonds is 3. The Morgan fingerprint density at radius 1 is 1.21 bits per heavy atom. The van der Waals surface area contributed by atoms with Crippen LogP contribution in [0.1, 0.15) is 66.2 Å². The molecule has 0 bridgehead atoms. The molecule has 2 heterocycles. The Labute approximate surface area is 171 Å². The zero-order valence-corrected chi connectivity index (χ0v) is 17.8. The van der Waals surface area contributed by atoms with E-state index in [9.17, 15) is 14.4 Å². The third kappa shape index (κ3) is 2.99. The average molecular weight is 408 g/mol. The Bertz CT molecular complexity index is 707.